The second-order valence-electron chi connectivity index (χ2n) is 4.63. The third kappa shape index (κ3) is 4.40. The number of hydrogen-bond acceptors (Lipinski definition) is 5. The molecule has 0 aliphatic carbocycles. The van der Waals surface area contributed by atoms with Crippen molar-refractivity contribution in [2.45, 2.75) is 39.5 Å². The Labute approximate surface area is 112 Å². The van der Waals surface area contributed by atoms with E-state index in [1.807, 2.05) is 6.07 Å². The zero-order chi connectivity index (χ0) is 13.7. The molecule has 0 saturated carbocycles. The molecular formula is C13H21NO3S. The molecule has 1 heterocycles. The van der Waals surface area contributed by atoms with Crippen LogP contribution in [0.5, 0.6) is 0 Å². The van der Waals surface area contributed by atoms with Gasteiger partial charge in [0.2, 0.25) is 0 Å². The average molecular weight is 271 g/mol. The first-order valence-corrected chi connectivity index (χ1v) is 6.84. The van der Waals surface area contributed by atoms with E-state index in [9.17, 15) is 9.90 Å². The lowest BCUT2D eigenvalue weighted by atomic mass is 10.2. The Morgan fingerprint density at radius 1 is 1.44 bits per heavy atom. The largest absolute Gasteiger partial charge is 0.465 e. The molecule has 102 valence electrons. The summed E-state index contributed by atoms with van der Waals surface area (Å²) in [6, 6.07) is 4.07. The van der Waals surface area contributed by atoms with E-state index in [0.717, 1.165) is 11.4 Å². The fraction of sp³-hybridized carbons (Fsp3) is 0.615. The van der Waals surface area contributed by atoms with Crippen LogP contribution in [-0.2, 0) is 11.3 Å². The predicted octanol–water partition coefficient (Wildman–Crippen LogP) is 2.13. The molecule has 1 rings (SSSR count). The van der Waals surface area contributed by atoms with Crippen LogP contribution in [-0.4, -0.2) is 41.8 Å². The molecule has 0 saturated heterocycles. The van der Waals surface area contributed by atoms with Crippen LogP contribution in [0.4, 0.5) is 0 Å². The fourth-order valence-electron chi connectivity index (χ4n) is 1.67. The number of nitrogens with zero attached hydrogens (tertiary/aromatic N) is 1. The number of thiophene rings is 1. The Bertz CT molecular complexity index is 387. The average Bonchev–Trinajstić information content (AvgIpc) is 2.75. The first-order chi connectivity index (χ1) is 8.43. The summed E-state index contributed by atoms with van der Waals surface area (Å²) in [5.41, 5.74) is 0. The smallest absolute Gasteiger partial charge is 0.348 e. The number of esters is 1. The van der Waals surface area contributed by atoms with Gasteiger partial charge in [0.05, 0.1) is 13.2 Å². The van der Waals surface area contributed by atoms with Crippen molar-refractivity contribution < 1.29 is 14.6 Å². The Balaban J connectivity index is 2.69. The van der Waals surface area contributed by atoms with E-state index in [0.29, 0.717) is 17.5 Å². The molecule has 5 heteroatoms. The number of ether oxygens (including phenoxy) is 1. The molecule has 0 aliphatic rings. The van der Waals surface area contributed by atoms with E-state index >= 15 is 0 Å². The van der Waals surface area contributed by atoms with Crippen LogP contribution in [0.1, 0.15) is 35.3 Å². The highest BCUT2D eigenvalue weighted by atomic mass is 32.1. The molecule has 0 aliphatic heterocycles. The number of hydrogen-bond donors (Lipinski definition) is 1. The fourth-order valence-corrected chi connectivity index (χ4v) is 2.62. The van der Waals surface area contributed by atoms with Gasteiger partial charge in [0.25, 0.3) is 0 Å². The SMILES string of the molecule is COC(=O)c1ccc(CN(C[C@H](C)O)C(C)C)s1. The summed E-state index contributed by atoms with van der Waals surface area (Å²) in [4.78, 5) is 15.3. The topological polar surface area (TPSA) is 49.8 Å². The molecule has 0 amide bonds. The van der Waals surface area contributed by atoms with Crippen LogP contribution in [0, 0.1) is 0 Å². The Kier molecular flexibility index (Phi) is 5.78. The van der Waals surface area contributed by atoms with E-state index in [4.69, 9.17) is 0 Å². The summed E-state index contributed by atoms with van der Waals surface area (Å²) in [5, 5.41) is 9.47. The number of aliphatic hydroxyl groups is 1. The Hall–Kier alpha value is -0.910. The highest BCUT2D eigenvalue weighted by Gasteiger charge is 2.15. The van der Waals surface area contributed by atoms with Gasteiger partial charge < -0.3 is 9.84 Å². The zero-order valence-corrected chi connectivity index (χ0v) is 12.2. The molecule has 4 nitrogen and oxygen atoms in total. The summed E-state index contributed by atoms with van der Waals surface area (Å²) in [7, 11) is 1.38. The van der Waals surface area contributed by atoms with Crippen LogP contribution in [0.25, 0.3) is 0 Å². The van der Waals surface area contributed by atoms with E-state index in [1.165, 1.54) is 18.4 Å². The van der Waals surface area contributed by atoms with Crippen LogP contribution in [0.15, 0.2) is 12.1 Å². The molecule has 0 aromatic carbocycles. The van der Waals surface area contributed by atoms with Gasteiger partial charge in [-0.1, -0.05) is 0 Å². The van der Waals surface area contributed by atoms with Crippen LogP contribution < -0.4 is 0 Å². The molecular weight excluding hydrogens is 250 g/mol. The van der Waals surface area contributed by atoms with Crippen molar-refractivity contribution in [1.82, 2.24) is 4.90 Å². The second-order valence-corrected chi connectivity index (χ2v) is 5.80. The maximum atomic E-state index is 11.4. The zero-order valence-electron chi connectivity index (χ0n) is 11.3. The molecule has 0 fully saturated rings. The molecule has 0 unspecified atom stereocenters. The van der Waals surface area contributed by atoms with Gasteiger partial charge in [-0.2, -0.15) is 0 Å². The standard InChI is InChI=1S/C13H21NO3S/c1-9(2)14(7-10(3)15)8-11-5-6-12(18-11)13(16)17-4/h5-6,9-10,15H,7-8H2,1-4H3/t10-/m0/s1. The van der Waals surface area contributed by atoms with Gasteiger partial charge in [-0.3, -0.25) is 4.90 Å². The molecule has 18 heavy (non-hydrogen) atoms. The minimum absolute atomic E-state index is 0.294. The molecule has 0 spiro atoms. The van der Waals surface area contributed by atoms with Crippen molar-refractivity contribution in [1.29, 1.82) is 0 Å². The van der Waals surface area contributed by atoms with Gasteiger partial charge in [-0.15, -0.1) is 11.3 Å². The van der Waals surface area contributed by atoms with Crippen molar-refractivity contribution in [3.05, 3.63) is 21.9 Å². The first kappa shape index (κ1) is 15.1. The highest BCUT2D eigenvalue weighted by Crippen LogP contribution is 2.20. The minimum Gasteiger partial charge on any atom is -0.465 e. The van der Waals surface area contributed by atoms with E-state index in [1.54, 1.807) is 13.0 Å². The molecule has 0 bridgehead atoms. The van der Waals surface area contributed by atoms with Gasteiger partial charge in [0.1, 0.15) is 4.88 Å². The van der Waals surface area contributed by atoms with Crippen molar-refractivity contribution in [2.24, 2.45) is 0 Å². The van der Waals surface area contributed by atoms with Crippen molar-refractivity contribution >= 4 is 17.3 Å². The lowest BCUT2D eigenvalue weighted by Crippen LogP contribution is -2.35. The minimum atomic E-state index is -0.354. The maximum Gasteiger partial charge on any atom is 0.348 e. The van der Waals surface area contributed by atoms with E-state index < -0.39 is 0 Å². The second kappa shape index (κ2) is 6.87. The van der Waals surface area contributed by atoms with Crippen molar-refractivity contribution in [2.75, 3.05) is 13.7 Å². The Morgan fingerprint density at radius 3 is 2.61 bits per heavy atom. The quantitative estimate of drug-likeness (QED) is 0.805. The predicted molar refractivity (Wildman–Crippen MR) is 72.9 cm³/mol. The third-order valence-electron chi connectivity index (χ3n) is 2.64. The monoisotopic (exact) mass is 271 g/mol. The summed E-state index contributed by atoms with van der Waals surface area (Å²) < 4.78 is 4.68. The molecule has 1 atom stereocenters. The summed E-state index contributed by atoms with van der Waals surface area (Å²) in [6.07, 6.45) is -0.354. The lowest BCUT2D eigenvalue weighted by Gasteiger charge is -2.27. The van der Waals surface area contributed by atoms with E-state index in [-0.39, 0.29) is 12.1 Å². The van der Waals surface area contributed by atoms with Gasteiger partial charge >= 0.3 is 5.97 Å². The number of aliphatic hydroxyl groups excluding tert-OH is 1. The molecule has 1 aromatic rings. The number of rotatable bonds is 6. The van der Waals surface area contributed by atoms with Crippen LogP contribution in [0.2, 0.25) is 0 Å². The molecule has 0 radical (unpaired) electrons. The van der Waals surface area contributed by atoms with Gasteiger partial charge in [0.15, 0.2) is 0 Å². The van der Waals surface area contributed by atoms with Gasteiger partial charge in [-0.05, 0) is 32.9 Å². The summed E-state index contributed by atoms with van der Waals surface area (Å²) >= 11 is 1.44. The number of carbonyl (C=O) groups excluding carboxylic acids is 1. The van der Waals surface area contributed by atoms with Crippen molar-refractivity contribution in [3.63, 3.8) is 0 Å². The van der Waals surface area contributed by atoms with Crippen LogP contribution >= 0.6 is 11.3 Å². The lowest BCUT2D eigenvalue weighted by molar-refractivity contribution is 0.0606. The van der Waals surface area contributed by atoms with Gasteiger partial charge in [0, 0.05) is 24.0 Å². The third-order valence-corrected chi connectivity index (χ3v) is 3.69. The molecule has 1 N–H and O–H groups in total. The maximum absolute atomic E-state index is 11.4. The Morgan fingerprint density at radius 2 is 2.11 bits per heavy atom. The first-order valence-electron chi connectivity index (χ1n) is 6.03. The van der Waals surface area contributed by atoms with Crippen LogP contribution in [0.3, 0.4) is 0 Å². The van der Waals surface area contributed by atoms with Crippen molar-refractivity contribution in [3.8, 4) is 0 Å². The van der Waals surface area contributed by atoms with E-state index in [2.05, 4.69) is 23.5 Å². The number of carbonyl (C=O) groups is 1. The normalized spacial score (nSPS) is 13.1. The number of methoxy groups -OCH3 is 1. The summed E-state index contributed by atoms with van der Waals surface area (Å²) in [6.45, 7) is 7.34. The van der Waals surface area contributed by atoms with Gasteiger partial charge in [-0.25, -0.2) is 4.79 Å². The molecule has 1 aromatic heterocycles. The summed E-state index contributed by atoms with van der Waals surface area (Å²) in [5.74, 6) is -0.294. The highest BCUT2D eigenvalue weighted by molar-refractivity contribution is 7.13.